The number of nitrogens with one attached hydrogen (secondary N) is 1. The van der Waals surface area contributed by atoms with Crippen molar-refractivity contribution in [3.8, 4) is 0 Å². The highest BCUT2D eigenvalue weighted by molar-refractivity contribution is 7.54. The van der Waals surface area contributed by atoms with E-state index in [1.807, 2.05) is 0 Å². The van der Waals surface area contributed by atoms with Crippen LogP contribution in [0.25, 0.3) is 0 Å². The maximum Gasteiger partial charge on any atom is 0.355 e. The fraction of sp³-hybridized carbons (Fsp3) is 0.889. The number of carbonyl (C=O) groups is 1. The van der Waals surface area contributed by atoms with E-state index in [4.69, 9.17) is 9.05 Å². The van der Waals surface area contributed by atoms with E-state index >= 15 is 0 Å². The molecule has 16 heavy (non-hydrogen) atoms. The normalized spacial score (nSPS) is 15.6. The summed E-state index contributed by atoms with van der Waals surface area (Å²) in [6.07, 6.45) is -1.02. The van der Waals surface area contributed by atoms with Crippen molar-refractivity contribution in [2.45, 2.75) is 39.6 Å². The van der Waals surface area contributed by atoms with Gasteiger partial charge in [-0.2, -0.15) is 0 Å². The Kier molecular flexibility index (Phi) is 6.83. The summed E-state index contributed by atoms with van der Waals surface area (Å²) >= 11 is 0. The van der Waals surface area contributed by atoms with Crippen LogP contribution in [0, 0.1) is 0 Å². The van der Waals surface area contributed by atoms with Gasteiger partial charge in [-0.25, -0.2) is 0 Å². The number of hydrogen-bond acceptors (Lipinski definition) is 5. The molecule has 0 rings (SSSR count). The van der Waals surface area contributed by atoms with Crippen LogP contribution in [0.3, 0.4) is 0 Å². The Labute approximate surface area is 95.9 Å². The van der Waals surface area contributed by atoms with E-state index in [2.05, 4.69) is 5.32 Å². The highest BCUT2D eigenvalue weighted by Gasteiger charge is 2.39. The molecule has 0 fully saturated rings. The molecule has 96 valence electrons. The molecule has 7 heteroatoms. The molecule has 0 aliphatic carbocycles. The Balaban J connectivity index is 4.93. The molecule has 0 aliphatic rings. The zero-order valence-electron chi connectivity index (χ0n) is 10.1. The monoisotopic (exact) mass is 253 g/mol. The lowest BCUT2D eigenvalue weighted by molar-refractivity contribution is -0.120. The summed E-state index contributed by atoms with van der Waals surface area (Å²) in [5.41, 5.74) is 0. The van der Waals surface area contributed by atoms with Gasteiger partial charge < -0.3 is 19.5 Å². The van der Waals surface area contributed by atoms with Crippen molar-refractivity contribution in [2.75, 3.05) is 13.2 Å². The van der Waals surface area contributed by atoms with Crippen LogP contribution in [0.1, 0.15) is 27.7 Å². The topological polar surface area (TPSA) is 84.9 Å². The maximum atomic E-state index is 12.3. The highest BCUT2D eigenvalue weighted by Crippen LogP contribution is 2.52. The van der Waals surface area contributed by atoms with E-state index in [0.717, 1.165) is 0 Å². The molecule has 0 aromatic carbocycles. The van der Waals surface area contributed by atoms with Gasteiger partial charge in [-0.05, 0) is 20.8 Å². The molecule has 0 bridgehead atoms. The Hall–Kier alpha value is -0.420. The van der Waals surface area contributed by atoms with Gasteiger partial charge in [0.1, 0.15) is 0 Å². The predicted octanol–water partition coefficient (Wildman–Crippen LogP) is 1.10. The Bertz CT molecular complexity index is 259. The number of aliphatic hydroxyl groups excluding tert-OH is 1. The van der Waals surface area contributed by atoms with Gasteiger partial charge in [-0.3, -0.25) is 9.36 Å². The van der Waals surface area contributed by atoms with E-state index in [1.165, 1.54) is 13.8 Å². The molecule has 0 aromatic heterocycles. The molecule has 0 aliphatic heterocycles. The van der Waals surface area contributed by atoms with Crippen molar-refractivity contribution in [1.29, 1.82) is 0 Å². The lowest BCUT2D eigenvalue weighted by Gasteiger charge is -2.28. The van der Waals surface area contributed by atoms with Crippen molar-refractivity contribution >= 4 is 13.5 Å². The molecule has 0 radical (unpaired) electrons. The largest absolute Gasteiger partial charge is 0.391 e. The van der Waals surface area contributed by atoms with Crippen LogP contribution in [0.15, 0.2) is 0 Å². The molecule has 0 unspecified atom stereocenters. The number of carbonyl (C=O) groups excluding carboxylic acids is 1. The smallest absolute Gasteiger partial charge is 0.355 e. The van der Waals surface area contributed by atoms with Gasteiger partial charge in [0.15, 0.2) is 5.78 Å². The lowest BCUT2D eigenvalue weighted by Crippen LogP contribution is -2.41. The predicted molar refractivity (Wildman–Crippen MR) is 60.1 cm³/mol. The zero-order chi connectivity index (χ0) is 12.8. The summed E-state index contributed by atoms with van der Waals surface area (Å²) in [6, 6.07) is 0. The average Bonchev–Trinajstić information content (AvgIpc) is 2.14. The summed E-state index contributed by atoms with van der Waals surface area (Å²) in [4.78, 5) is 11.0. The molecule has 0 aromatic rings. The van der Waals surface area contributed by atoms with Gasteiger partial charge in [0.2, 0.25) is 5.91 Å². The first-order valence-electron chi connectivity index (χ1n) is 5.21. The van der Waals surface area contributed by atoms with Crippen LogP contribution in [-0.4, -0.2) is 36.1 Å². The van der Waals surface area contributed by atoms with Crippen LogP contribution < -0.4 is 5.32 Å². The minimum Gasteiger partial charge on any atom is -0.391 e. The molecule has 0 saturated heterocycles. The first-order valence-corrected chi connectivity index (χ1v) is 6.82. The average molecular weight is 253 g/mol. The van der Waals surface area contributed by atoms with Crippen molar-refractivity contribution < 1.29 is 23.5 Å². The molecule has 6 nitrogen and oxygen atoms in total. The number of amides is 1. The van der Waals surface area contributed by atoms with E-state index in [0.29, 0.717) is 0 Å². The fourth-order valence-electron chi connectivity index (χ4n) is 1.23. The van der Waals surface area contributed by atoms with Crippen LogP contribution in [-0.2, 0) is 18.4 Å². The molecule has 0 spiro atoms. The van der Waals surface area contributed by atoms with E-state index in [-0.39, 0.29) is 13.2 Å². The second-order valence-electron chi connectivity index (χ2n) is 3.26. The molecule has 2 atom stereocenters. The molecule has 2 N–H and O–H groups in total. The van der Waals surface area contributed by atoms with Crippen LogP contribution in [0.4, 0.5) is 0 Å². The third kappa shape index (κ3) is 4.61. The quantitative estimate of drug-likeness (QED) is 0.663. The van der Waals surface area contributed by atoms with Crippen molar-refractivity contribution in [3.63, 3.8) is 0 Å². The van der Waals surface area contributed by atoms with E-state index in [9.17, 15) is 14.5 Å². The van der Waals surface area contributed by atoms with Crippen molar-refractivity contribution in [1.82, 2.24) is 5.32 Å². The van der Waals surface area contributed by atoms with Crippen LogP contribution >= 0.6 is 7.60 Å². The summed E-state index contributed by atoms with van der Waals surface area (Å²) < 4.78 is 22.4. The zero-order valence-corrected chi connectivity index (χ0v) is 11.0. The van der Waals surface area contributed by atoms with Gasteiger partial charge in [-0.1, -0.05) is 0 Å². The first-order chi connectivity index (χ1) is 7.37. The van der Waals surface area contributed by atoms with Gasteiger partial charge in [0, 0.05) is 6.92 Å². The van der Waals surface area contributed by atoms with Gasteiger partial charge in [0.25, 0.3) is 0 Å². The first kappa shape index (κ1) is 15.6. The Morgan fingerprint density at radius 1 is 1.38 bits per heavy atom. The second kappa shape index (κ2) is 7.01. The molecular formula is C9H20NO5P. The van der Waals surface area contributed by atoms with Gasteiger partial charge in [-0.15, -0.1) is 0 Å². The van der Waals surface area contributed by atoms with Gasteiger partial charge in [0.05, 0.1) is 19.3 Å². The number of rotatable bonds is 7. The van der Waals surface area contributed by atoms with Crippen LogP contribution in [0.2, 0.25) is 0 Å². The molecular weight excluding hydrogens is 233 g/mol. The van der Waals surface area contributed by atoms with Crippen molar-refractivity contribution in [3.05, 3.63) is 0 Å². The molecule has 0 saturated carbocycles. The van der Waals surface area contributed by atoms with E-state index in [1.54, 1.807) is 13.8 Å². The number of aliphatic hydroxyl groups is 1. The van der Waals surface area contributed by atoms with Gasteiger partial charge >= 0.3 is 7.60 Å². The summed E-state index contributed by atoms with van der Waals surface area (Å²) in [6.45, 7) is 6.39. The van der Waals surface area contributed by atoms with Crippen molar-refractivity contribution in [2.24, 2.45) is 0 Å². The third-order valence-electron chi connectivity index (χ3n) is 1.77. The number of hydrogen-bond donors (Lipinski definition) is 2. The SMILES string of the molecule is CCOP(=O)(OCC)[C@@H](NC(C)=O)[C@@H](C)O. The standard InChI is InChI=1S/C9H20NO5P/c1-5-14-16(13,15-6-2)9(7(3)11)10-8(4)12/h7,9,11H,5-6H2,1-4H3,(H,10,12)/t7-,9-/m1/s1. The summed E-state index contributed by atoms with van der Waals surface area (Å²) in [5.74, 6) is -1.43. The lowest BCUT2D eigenvalue weighted by atomic mass is 10.4. The molecule has 1 amide bonds. The Morgan fingerprint density at radius 3 is 2.06 bits per heavy atom. The second-order valence-corrected chi connectivity index (χ2v) is 5.41. The summed E-state index contributed by atoms with van der Waals surface area (Å²) in [7, 11) is -3.52. The van der Waals surface area contributed by atoms with E-state index < -0.39 is 25.4 Å². The molecule has 0 heterocycles. The maximum absolute atomic E-state index is 12.3. The highest BCUT2D eigenvalue weighted by atomic mass is 31.2. The fourth-order valence-corrected chi connectivity index (χ4v) is 3.21. The third-order valence-corrected chi connectivity index (χ3v) is 4.24. The Morgan fingerprint density at radius 2 is 1.81 bits per heavy atom. The van der Waals surface area contributed by atoms with Crippen LogP contribution in [0.5, 0.6) is 0 Å². The minimum atomic E-state index is -3.52. The summed E-state index contributed by atoms with van der Waals surface area (Å²) in [5, 5.41) is 11.9. The minimum absolute atomic E-state index is 0.181.